The highest BCUT2D eigenvalue weighted by Gasteiger charge is 2.04. The lowest BCUT2D eigenvalue weighted by Gasteiger charge is -2.12. The summed E-state index contributed by atoms with van der Waals surface area (Å²) in [6.45, 7) is 3.88. The minimum Gasteiger partial charge on any atom is -0.355 e. The Hall–Kier alpha value is -2.34. The fraction of sp³-hybridized carbons (Fsp3) is 0.263. The van der Waals surface area contributed by atoms with E-state index in [1.165, 1.54) is 11.1 Å². The third-order valence-corrected chi connectivity index (χ3v) is 4.10. The number of carbonyl (C=O) groups excluding carboxylic acids is 1. The average Bonchev–Trinajstić information content (AvgIpc) is 2.61. The molecule has 2 aromatic rings. The van der Waals surface area contributed by atoms with Crippen molar-refractivity contribution in [3.05, 3.63) is 69.7 Å². The van der Waals surface area contributed by atoms with Crippen LogP contribution >= 0.6 is 15.9 Å². The van der Waals surface area contributed by atoms with Crippen LogP contribution < -0.4 is 16.0 Å². The quantitative estimate of drug-likeness (QED) is 0.395. The number of rotatable bonds is 6. The van der Waals surface area contributed by atoms with Crippen LogP contribution in [0.2, 0.25) is 0 Å². The van der Waals surface area contributed by atoms with Crippen LogP contribution in [0.4, 0.5) is 0 Å². The third-order valence-electron chi connectivity index (χ3n) is 3.58. The van der Waals surface area contributed by atoms with Crippen LogP contribution in [0.5, 0.6) is 0 Å². The van der Waals surface area contributed by atoms with Crippen molar-refractivity contribution < 1.29 is 4.79 Å². The Kier molecular flexibility index (Phi) is 7.47. The maximum Gasteiger partial charge on any atom is 0.251 e. The second-order valence-electron chi connectivity index (χ2n) is 5.60. The van der Waals surface area contributed by atoms with Gasteiger partial charge in [-0.2, -0.15) is 0 Å². The molecule has 1 amide bonds. The number of halogens is 1. The lowest BCUT2D eigenvalue weighted by atomic mass is 10.1. The summed E-state index contributed by atoms with van der Waals surface area (Å²) in [6, 6.07) is 15.6. The number of carbonyl (C=O) groups is 1. The second kappa shape index (κ2) is 9.84. The van der Waals surface area contributed by atoms with Gasteiger partial charge in [0.2, 0.25) is 0 Å². The maximum absolute atomic E-state index is 12.0. The molecule has 0 heterocycles. The summed E-state index contributed by atoms with van der Waals surface area (Å²) in [5.74, 6) is 0.622. The molecule has 0 spiro atoms. The Morgan fingerprint density at radius 1 is 1.04 bits per heavy atom. The van der Waals surface area contributed by atoms with E-state index in [9.17, 15) is 4.79 Å². The van der Waals surface area contributed by atoms with Crippen LogP contribution in [0, 0.1) is 6.92 Å². The molecule has 25 heavy (non-hydrogen) atoms. The molecule has 0 aromatic heterocycles. The van der Waals surface area contributed by atoms with Gasteiger partial charge in [0.25, 0.3) is 5.91 Å². The molecule has 3 N–H and O–H groups in total. The molecule has 0 fully saturated rings. The standard InChI is InChI=1S/C19H23BrN4O/c1-14-4-3-5-15(12-14)13-24-19(21-2)23-11-10-22-18(25)16-6-8-17(20)9-7-16/h3-9,12H,10-11,13H2,1-2H3,(H,22,25)(H2,21,23,24). The number of nitrogens with one attached hydrogen (secondary N) is 3. The number of hydrogen-bond donors (Lipinski definition) is 3. The van der Waals surface area contributed by atoms with E-state index in [0.29, 0.717) is 31.2 Å². The zero-order chi connectivity index (χ0) is 18.1. The number of guanidine groups is 1. The molecular formula is C19H23BrN4O. The number of amides is 1. The summed E-state index contributed by atoms with van der Waals surface area (Å²) >= 11 is 3.36. The average molecular weight is 403 g/mol. The zero-order valence-corrected chi connectivity index (χ0v) is 16.1. The zero-order valence-electron chi connectivity index (χ0n) is 14.5. The molecule has 0 bridgehead atoms. The molecule has 2 rings (SSSR count). The van der Waals surface area contributed by atoms with Gasteiger partial charge in [0.05, 0.1) is 0 Å². The second-order valence-corrected chi connectivity index (χ2v) is 6.52. The van der Waals surface area contributed by atoms with Crippen molar-refractivity contribution >= 4 is 27.8 Å². The van der Waals surface area contributed by atoms with E-state index in [1.807, 2.05) is 18.2 Å². The van der Waals surface area contributed by atoms with Gasteiger partial charge in [-0.1, -0.05) is 45.8 Å². The first-order valence-electron chi connectivity index (χ1n) is 8.12. The molecule has 0 unspecified atom stereocenters. The highest BCUT2D eigenvalue weighted by molar-refractivity contribution is 9.10. The lowest BCUT2D eigenvalue weighted by molar-refractivity contribution is 0.0954. The van der Waals surface area contributed by atoms with Crippen LogP contribution in [0.25, 0.3) is 0 Å². The van der Waals surface area contributed by atoms with Crippen LogP contribution in [0.3, 0.4) is 0 Å². The summed E-state index contributed by atoms with van der Waals surface area (Å²) in [5.41, 5.74) is 3.08. The van der Waals surface area contributed by atoms with E-state index in [4.69, 9.17) is 0 Å². The fourth-order valence-electron chi connectivity index (χ4n) is 2.29. The Morgan fingerprint density at radius 2 is 1.76 bits per heavy atom. The third kappa shape index (κ3) is 6.58. The summed E-state index contributed by atoms with van der Waals surface area (Å²) in [6.07, 6.45) is 0. The molecule has 0 atom stereocenters. The fourth-order valence-corrected chi connectivity index (χ4v) is 2.55. The van der Waals surface area contributed by atoms with Crippen molar-refractivity contribution in [1.82, 2.24) is 16.0 Å². The Labute approximate surface area is 157 Å². The number of benzene rings is 2. The van der Waals surface area contributed by atoms with E-state index in [2.05, 4.69) is 62.0 Å². The smallest absolute Gasteiger partial charge is 0.251 e. The van der Waals surface area contributed by atoms with Gasteiger partial charge in [0, 0.05) is 36.7 Å². The van der Waals surface area contributed by atoms with Gasteiger partial charge in [-0.15, -0.1) is 0 Å². The molecule has 5 nitrogen and oxygen atoms in total. The predicted octanol–water partition coefficient (Wildman–Crippen LogP) is 2.85. The Balaban J connectivity index is 1.70. The molecule has 0 saturated heterocycles. The van der Waals surface area contributed by atoms with E-state index in [-0.39, 0.29) is 5.91 Å². The van der Waals surface area contributed by atoms with E-state index >= 15 is 0 Å². The van der Waals surface area contributed by atoms with E-state index in [1.54, 1.807) is 19.2 Å². The molecule has 0 saturated carbocycles. The molecular weight excluding hydrogens is 380 g/mol. The van der Waals surface area contributed by atoms with Crippen molar-refractivity contribution in [2.24, 2.45) is 4.99 Å². The first kappa shape index (κ1) is 19.0. The van der Waals surface area contributed by atoms with Crippen LogP contribution in [-0.2, 0) is 6.54 Å². The normalized spacial score (nSPS) is 11.1. The molecule has 0 aliphatic heterocycles. The first-order chi connectivity index (χ1) is 12.1. The first-order valence-corrected chi connectivity index (χ1v) is 8.91. The predicted molar refractivity (Wildman–Crippen MR) is 106 cm³/mol. The van der Waals surface area contributed by atoms with E-state index in [0.717, 1.165) is 4.47 Å². The summed E-state index contributed by atoms with van der Waals surface area (Å²) < 4.78 is 0.953. The van der Waals surface area contributed by atoms with Crippen molar-refractivity contribution in [3.8, 4) is 0 Å². The minimum atomic E-state index is -0.0861. The summed E-state index contributed by atoms with van der Waals surface area (Å²) in [5, 5.41) is 9.33. The Morgan fingerprint density at radius 3 is 2.44 bits per heavy atom. The van der Waals surface area contributed by atoms with E-state index < -0.39 is 0 Å². The molecule has 0 radical (unpaired) electrons. The molecule has 6 heteroatoms. The largest absolute Gasteiger partial charge is 0.355 e. The van der Waals surface area contributed by atoms with Crippen LogP contribution in [0.15, 0.2) is 58.0 Å². The van der Waals surface area contributed by atoms with Gasteiger partial charge in [0.15, 0.2) is 5.96 Å². The molecule has 2 aromatic carbocycles. The van der Waals surface area contributed by atoms with Crippen molar-refractivity contribution in [2.75, 3.05) is 20.1 Å². The molecule has 132 valence electrons. The van der Waals surface area contributed by atoms with Gasteiger partial charge in [-0.25, -0.2) is 0 Å². The number of hydrogen-bond acceptors (Lipinski definition) is 2. The maximum atomic E-state index is 12.0. The van der Waals surface area contributed by atoms with Crippen LogP contribution in [-0.4, -0.2) is 32.0 Å². The van der Waals surface area contributed by atoms with Crippen molar-refractivity contribution in [3.63, 3.8) is 0 Å². The Bertz CT molecular complexity index is 728. The van der Waals surface area contributed by atoms with Gasteiger partial charge in [-0.3, -0.25) is 9.79 Å². The summed E-state index contributed by atoms with van der Waals surface area (Å²) in [4.78, 5) is 16.2. The van der Waals surface area contributed by atoms with Crippen LogP contribution in [0.1, 0.15) is 21.5 Å². The summed E-state index contributed by atoms with van der Waals surface area (Å²) in [7, 11) is 1.73. The number of aliphatic imine (C=N–C) groups is 1. The van der Waals surface area contributed by atoms with Crippen molar-refractivity contribution in [1.29, 1.82) is 0 Å². The minimum absolute atomic E-state index is 0.0861. The highest BCUT2D eigenvalue weighted by Crippen LogP contribution is 2.10. The highest BCUT2D eigenvalue weighted by atomic mass is 79.9. The lowest BCUT2D eigenvalue weighted by Crippen LogP contribution is -2.41. The topological polar surface area (TPSA) is 65.5 Å². The number of aryl methyl sites for hydroxylation is 1. The van der Waals surface area contributed by atoms with Gasteiger partial charge in [0.1, 0.15) is 0 Å². The molecule has 0 aliphatic rings. The van der Waals surface area contributed by atoms with Crippen molar-refractivity contribution in [2.45, 2.75) is 13.5 Å². The van der Waals surface area contributed by atoms with Gasteiger partial charge in [-0.05, 0) is 36.8 Å². The number of nitrogens with zero attached hydrogens (tertiary/aromatic N) is 1. The SMILES string of the molecule is CN=C(NCCNC(=O)c1ccc(Br)cc1)NCc1cccc(C)c1. The van der Waals surface area contributed by atoms with Gasteiger partial charge >= 0.3 is 0 Å². The van der Waals surface area contributed by atoms with Gasteiger partial charge < -0.3 is 16.0 Å². The molecule has 0 aliphatic carbocycles. The monoisotopic (exact) mass is 402 g/mol.